The number of rotatable bonds is 2. The molecule has 0 bridgehead atoms. The molecule has 2 aromatic rings. The molecule has 0 amide bonds. The molecule has 10 nitrogen and oxygen atoms in total. The van der Waals surface area contributed by atoms with Crippen molar-refractivity contribution in [3.05, 3.63) is 36.4 Å². The van der Waals surface area contributed by atoms with Crippen LogP contribution in [-0.4, -0.2) is 46.4 Å². The smallest absolute Gasteiger partial charge is 0.744 e. The van der Waals surface area contributed by atoms with Gasteiger partial charge in [-0.3, -0.25) is 0 Å². The summed E-state index contributed by atoms with van der Waals surface area (Å²) in [4.78, 5) is -1.63. The zero-order valence-corrected chi connectivity index (χ0v) is 14.5. The van der Waals surface area contributed by atoms with Crippen molar-refractivity contribution in [1.29, 1.82) is 0 Å². The largest absolute Gasteiger partial charge is 2.00 e. The molecule has 4 N–H and O–H groups in total. The van der Waals surface area contributed by atoms with Crippen LogP contribution in [0.2, 0.25) is 0 Å². The van der Waals surface area contributed by atoms with Crippen LogP contribution in [0.3, 0.4) is 0 Å². The van der Waals surface area contributed by atoms with Crippen molar-refractivity contribution < 1.29 is 62.9 Å². The van der Waals surface area contributed by atoms with E-state index < -0.39 is 41.5 Å². The Balaban J connectivity index is 0.000000443. The Morgan fingerprint density at radius 1 is 0.640 bits per heavy atom. The van der Waals surface area contributed by atoms with Crippen LogP contribution in [0.4, 0.5) is 0 Å². The van der Waals surface area contributed by atoms with Crippen LogP contribution in [0.15, 0.2) is 46.2 Å². The summed E-state index contributed by atoms with van der Waals surface area (Å²) in [6, 6.07) is 5.39. The molecule has 0 radical (unpaired) electrons. The number of hydrogen-bond acceptors (Lipinski definition) is 10. The maximum absolute atomic E-state index is 10.4. The predicted molar refractivity (Wildman–Crippen MR) is 75.5 cm³/mol. The van der Waals surface area contributed by atoms with E-state index in [1.165, 1.54) is 0 Å². The molecule has 0 spiro atoms. The summed E-state index contributed by atoms with van der Waals surface area (Å²) >= 11 is 0. The fourth-order valence-corrected chi connectivity index (χ4v) is 2.58. The van der Waals surface area contributed by atoms with Crippen LogP contribution in [0, 0.1) is 0 Å². The second kappa shape index (κ2) is 8.36. The molecule has 0 heterocycles. The second-order valence-electron chi connectivity index (χ2n) is 4.21. The molecule has 0 aliphatic heterocycles. The zero-order chi connectivity index (χ0) is 18.7. The minimum absolute atomic E-state index is 0. The van der Waals surface area contributed by atoms with Crippen molar-refractivity contribution in [3.8, 4) is 23.0 Å². The zero-order valence-electron chi connectivity index (χ0n) is 11.8. The first kappa shape index (κ1) is 23.0. The topological polar surface area (TPSA) is 195 Å². The van der Waals surface area contributed by atoms with Crippen LogP contribution in [0.25, 0.3) is 0 Å². The first-order chi connectivity index (χ1) is 10.8. The van der Waals surface area contributed by atoms with Crippen molar-refractivity contribution in [1.82, 2.24) is 0 Å². The van der Waals surface area contributed by atoms with Crippen LogP contribution in [0.1, 0.15) is 0 Å². The fourth-order valence-electron chi connectivity index (χ4n) is 1.41. The van der Waals surface area contributed by atoms with Crippen molar-refractivity contribution in [2.75, 3.05) is 0 Å². The summed E-state index contributed by atoms with van der Waals surface area (Å²) in [5.74, 6) is -2.10. The second-order valence-corrected chi connectivity index (χ2v) is 6.91. The van der Waals surface area contributed by atoms with E-state index in [-0.39, 0.29) is 28.0 Å². The van der Waals surface area contributed by atoms with Gasteiger partial charge in [-0.15, -0.1) is 0 Å². The minimum atomic E-state index is -4.72. The summed E-state index contributed by atoms with van der Waals surface area (Å²) < 4.78 is 62.3. The van der Waals surface area contributed by atoms with Gasteiger partial charge in [-0.2, -0.15) is 0 Å². The van der Waals surface area contributed by atoms with Gasteiger partial charge < -0.3 is 29.5 Å². The van der Waals surface area contributed by atoms with Crippen molar-refractivity contribution >= 4 is 20.2 Å². The van der Waals surface area contributed by atoms with Gasteiger partial charge in [0.2, 0.25) is 0 Å². The minimum Gasteiger partial charge on any atom is -0.744 e. The van der Waals surface area contributed by atoms with Gasteiger partial charge in [0.15, 0.2) is 0 Å². The van der Waals surface area contributed by atoms with Gasteiger partial charge in [0.05, 0.1) is 9.79 Å². The Labute approximate surface area is 152 Å². The average Bonchev–Trinajstić information content (AvgIpc) is 2.42. The van der Waals surface area contributed by atoms with Gasteiger partial charge in [-0.1, -0.05) is 0 Å². The maximum atomic E-state index is 10.4. The molecule has 2 aromatic carbocycles. The molecule has 2 rings (SSSR count). The number of phenolic OH excluding ortho intramolecular Hbond substituents is 4. The van der Waals surface area contributed by atoms with E-state index in [0.717, 1.165) is 24.3 Å². The van der Waals surface area contributed by atoms with E-state index in [0.29, 0.717) is 12.1 Å². The molecule has 0 fully saturated rings. The quantitative estimate of drug-likeness (QED) is 0.282. The van der Waals surface area contributed by atoms with E-state index in [1.54, 1.807) is 0 Å². The first-order valence-electron chi connectivity index (χ1n) is 5.78. The Kier molecular flexibility index (Phi) is 7.68. The van der Waals surface area contributed by atoms with E-state index in [9.17, 15) is 25.9 Å². The molecule has 0 atom stereocenters. The van der Waals surface area contributed by atoms with E-state index in [4.69, 9.17) is 20.4 Å². The van der Waals surface area contributed by atoms with E-state index in [1.807, 2.05) is 0 Å². The molecular weight excluding hydrogens is 427 g/mol. The Morgan fingerprint density at radius 3 is 1.12 bits per heavy atom. The summed E-state index contributed by atoms with van der Waals surface area (Å²) in [6.07, 6.45) is 0. The Bertz CT molecular complexity index is 874. The summed E-state index contributed by atoms with van der Waals surface area (Å²) in [5.41, 5.74) is 0. The normalized spacial score (nSPS) is 11.0. The van der Waals surface area contributed by atoms with Crippen LogP contribution in [0.5, 0.6) is 23.0 Å². The van der Waals surface area contributed by atoms with Gasteiger partial charge >= 0.3 is 16.5 Å². The van der Waals surface area contributed by atoms with Crippen LogP contribution < -0.4 is 0 Å². The Hall–Kier alpha value is -2.05. The SMILES string of the molecule is O=S(=O)([O-])c1cc(O)ccc1O.O=S(=O)([O-])c1cc(O)ccc1O.[Ni+2]. The molecule has 0 saturated heterocycles. The molecule has 25 heavy (non-hydrogen) atoms. The van der Waals surface area contributed by atoms with Gasteiger partial charge in [0.25, 0.3) is 0 Å². The first-order valence-corrected chi connectivity index (χ1v) is 8.60. The fraction of sp³-hybridized carbons (Fsp3) is 0. The summed E-state index contributed by atoms with van der Waals surface area (Å²) in [6.45, 7) is 0. The van der Waals surface area contributed by atoms with Crippen LogP contribution in [-0.2, 0) is 36.7 Å². The molecule has 0 aliphatic carbocycles. The molecule has 0 unspecified atom stereocenters. The molecule has 140 valence electrons. The molecular formula is C12H10NiO10S2. The maximum Gasteiger partial charge on any atom is 2.00 e. The standard InChI is InChI=1S/2C6H6O5S.Ni/c2*7-4-1-2-5(8)6(3-4)12(9,10)11;/h2*1-3,7-8H,(H,9,10,11);/q;;+2/p-2. The Morgan fingerprint density at radius 2 is 0.920 bits per heavy atom. The van der Waals surface area contributed by atoms with Crippen molar-refractivity contribution in [2.24, 2.45) is 0 Å². The molecule has 0 saturated carbocycles. The van der Waals surface area contributed by atoms with Crippen molar-refractivity contribution in [3.63, 3.8) is 0 Å². The predicted octanol–water partition coefficient (Wildman–Crippen LogP) is 0.00130. The monoisotopic (exact) mass is 436 g/mol. The number of aromatic hydroxyl groups is 4. The number of phenols is 4. The van der Waals surface area contributed by atoms with Gasteiger partial charge in [-0.25, -0.2) is 16.8 Å². The van der Waals surface area contributed by atoms with Gasteiger partial charge in [0, 0.05) is 12.1 Å². The third kappa shape index (κ3) is 6.76. The van der Waals surface area contributed by atoms with E-state index in [2.05, 4.69) is 0 Å². The summed E-state index contributed by atoms with van der Waals surface area (Å²) in [7, 11) is -9.43. The average molecular weight is 437 g/mol. The van der Waals surface area contributed by atoms with Gasteiger partial charge in [-0.05, 0) is 24.3 Å². The van der Waals surface area contributed by atoms with Gasteiger partial charge in [0.1, 0.15) is 43.2 Å². The van der Waals surface area contributed by atoms with Crippen molar-refractivity contribution in [2.45, 2.75) is 9.79 Å². The third-order valence-electron chi connectivity index (χ3n) is 2.43. The molecule has 13 heteroatoms. The summed E-state index contributed by atoms with van der Waals surface area (Å²) in [5, 5.41) is 35.3. The van der Waals surface area contributed by atoms with Crippen LogP contribution >= 0.6 is 0 Å². The number of hydrogen-bond donors (Lipinski definition) is 4. The number of benzene rings is 2. The molecule has 0 aromatic heterocycles. The third-order valence-corrected chi connectivity index (χ3v) is 4.16. The molecule has 0 aliphatic rings. The van der Waals surface area contributed by atoms with E-state index >= 15 is 0 Å².